The lowest BCUT2D eigenvalue weighted by atomic mass is 10.1. The molecule has 1 aliphatic heterocycles. The van der Waals surface area contributed by atoms with E-state index >= 15 is 0 Å². The second-order valence-electron chi connectivity index (χ2n) is 5.10. The fourth-order valence-electron chi connectivity index (χ4n) is 2.39. The molecule has 2 heterocycles. The van der Waals surface area contributed by atoms with E-state index in [-0.39, 0.29) is 22.4 Å². The largest absolute Gasteiger partial charge is 0.378 e. The second-order valence-corrected chi connectivity index (χ2v) is 6.60. The Hall–Kier alpha value is -1.45. The molecule has 1 aromatic heterocycles. The molecular weight excluding hydrogens is 296 g/mol. The Balaban J connectivity index is 1.95. The minimum absolute atomic E-state index is 0.151. The summed E-state index contributed by atoms with van der Waals surface area (Å²) in [4.78, 5) is 11.8. The Labute approximate surface area is 123 Å². The molecule has 1 saturated heterocycles. The van der Waals surface area contributed by atoms with Crippen molar-refractivity contribution >= 4 is 15.9 Å². The third-order valence-electron chi connectivity index (χ3n) is 3.42. The van der Waals surface area contributed by atoms with Crippen molar-refractivity contribution in [3.63, 3.8) is 0 Å². The van der Waals surface area contributed by atoms with Gasteiger partial charge in [-0.3, -0.25) is 9.89 Å². The number of sulfonamides is 1. The van der Waals surface area contributed by atoms with Crippen LogP contribution in [-0.4, -0.2) is 43.8 Å². The summed E-state index contributed by atoms with van der Waals surface area (Å²) < 4.78 is 28.5. The highest BCUT2D eigenvalue weighted by molar-refractivity contribution is 7.89. The van der Waals surface area contributed by atoms with Gasteiger partial charge in [0.1, 0.15) is 4.90 Å². The smallest absolute Gasteiger partial charge is 0.273 e. The van der Waals surface area contributed by atoms with E-state index in [0.29, 0.717) is 13.0 Å². The van der Waals surface area contributed by atoms with Crippen molar-refractivity contribution in [2.24, 2.45) is 5.14 Å². The summed E-state index contributed by atoms with van der Waals surface area (Å²) in [6, 6.07) is 0. The van der Waals surface area contributed by atoms with Crippen LogP contribution in [0.1, 0.15) is 41.9 Å². The van der Waals surface area contributed by atoms with Crippen LogP contribution in [0.3, 0.4) is 0 Å². The molecule has 1 unspecified atom stereocenters. The van der Waals surface area contributed by atoms with Gasteiger partial charge in [-0.05, 0) is 32.6 Å². The number of aryl methyl sites for hydroxylation is 1. The lowest BCUT2D eigenvalue weighted by Gasteiger charge is -2.22. The average molecular weight is 316 g/mol. The molecule has 9 heteroatoms. The molecule has 2 rings (SSSR count). The van der Waals surface area contributed by atoms with Gasteiger partial charge in [0.25, 0.3) is 5.91 Å². The molecule has 118 valence electrons. The fourth-order valence-corrected chi connectivity index (χ4v) is 3.27. The van der Waals surface area contributed by atoms with E-state index in [2.05, 4.69) is 15.5 Å². The SMILES string of the molecule is Cc1[nH]nc(C(=O)NCCC2CCCCO2)c1S(N)(=O)=O. The number of carbonyl (C=O) groups excluding carboxylic acids is 1. The Morgan fingerprint density at radius 2 is 2.29 bits per heavy atom. The first kappa shape index (κ1) is 15.9. The number of carbonyl (C=O) groups is 1. The van der Waals surface area contributed by atoms with E-state index in [0.717, 1.165) is 25.9 Å². The molecular formula is C12H20N4O4S. The van der Waals surface area contributed by atoms with Crippen molar-refractivity contribution in [1.82, 2.24) is 15.5 Å². The van der Waals surface area contributed by atoms with Crippen LogP contribution in [0.2, 0.25) is 0 Å². The zero-order chi connectivity index (χ0) is 15.5. The number of nitrogens with one attached hydrogen (secondary N) is 2. The number of hydrogen-bond donors (Lipinski definition) is 3. The quantitative estimate of drug-likeness (QED) is 0.707. The first-order valence-electron chi connectivity index (χ1n) is 6.87. The van der Waals surface area contributed by atoms with Crippen molar-refractivity contribution in [3.8, 4) is 0 Å². The molecule has 21 heavy (non-hydrogen) atoms. The molecule has 0 saturated carbocycles. The number of ether oxygens (including phenoxy) is 1. The third kappa shape index (κ3) is 4.02. The summed E-state index contributed by atoms with van der Waals surface area (Å²) in [6.45, 7) is 2.66. The Morgan fingerprint density at radius 1 is 1.52 bits per heavy atom. The normalized spacial score (nSPS) is 19.4. The number of aromatic nitrogens is 2. The topological polar surface area (TPSA) is 127 Å². The molecule has 0 radical (unpaired) electrons. The van der Waals surface area contributed by atoms with Gasteiger partial charge in [0.15, 0.2) is 5.69 Å². The van der Waals surface area contributed by atoms with Crippen molar-refractivity contribution in [1.29, 1.82) is 0 Å². The number of aromatic amines is 1. The molecule has 0 aromatic carbocycles. The summed E-state index contributed by atoms with van der Waals surface area (Å²) >= 11 is 0. The number of nitrogens with zero attached hydrogens (tertiary/aromatic N) is 1. The first-order chi connectivity index (χ1) is 9.89. The predicted octanol–water partition coefficient (Wildman–Crippen LogP) is 0.0545. The highest BCUT2D eigenvalue weighted by Gasteiger charge is 2.25. The van der Waals surface area contributed by atoms with Crippen LogP contribution in [0.15, 0.2) is 4.90 Å². The lowest BCUT2D eigenvalue weighted by molar-refractivity contribution is 0.0117. The molecule has 0 aliphatic carbocycles. The van der Waals surface area contributed by atoms with Crippen LogP contribution in [0.25, 0.3) is 0 Å². The van der Waals surface area contributed by atoms with Crippen LogP contribution >= 0.6 is 0 Å². The van der Waals surface area contributed by atoms with Crippen molar-refractivity contribution in [3.05, 3.63) is 11.4 Å². The maximum absolute atomic E-state index is 12.0. The number of hydrogen-bond acceptors (Lipinski definition) is 5. The summed E-state index contributed by atoms with van der Waals surface area (Å²) in [5, 5.41) is 13.9. The molecule has 1 aromatic rings. The third-order valence-corrected chi connectivity index (χ3v) is 4.49. The predicted molar refractivity (Wildman–Crippen MR) is 75.2 cm³/mol. The Kier molecular flexibility index (Phi) is 4.96. The molecule has 1 atom stereocenters. The summed E-state index contributed by atoms with van der Waals surface area (Å²) in [6.07, 6.45) is 4.04. The van der Waals surface area contributed by atoms with Gasteiger partial charge in [0, 0.05) is 13.2 Å². The zero-order valence-electron chi connectivity index (χ0n) is 11.9. The van der Waals surface area contributed by atoms with Gasteiger partial charge in [-0.1, -0.05) is 0 Å². The summed E-state index contributed by atoms with van der Waals surface area (Å²) in [5.41, 5.74) is 0.0535. The Bertz CT molecular complexity index is 605. The van der Waals surface area contributed by atoms with E-state index < -0.39 is 15.9 Å². The van der Waals surface area contributed by atoms with Crippen molar-refractivity contribution < 1.29 is 17.9 Å². The minimum atomic E-state index is -3.99. The van der Waals surface area contributed by atoms with Gasteiger partial charge >= 0.3 is 0 Å². The highest BCUT2D eigenvalue weighted by atomic mass is 32.2. The number of nitrogens with two attached hydrogens (primary N) is 1. The molecule has 0 spiro atoms. The zero-order valence-corrected chi connectivity index (χ0v) is 12.7. The Morgan fingerprint density at radius 3 is 2.90 bits per heavy atom. The highest BCUT2D eigenvalue weighted by Crippen LogP contribution is 2.17. The van der Waals surface area contributed by atoms with Gasteiger partial charge < -0.3 is 10.1 Å². The number of H-pyrrole nitrogens is 1. The fraction of sp³-hybridized carbons (Fsp3) is 0.667. The molecule has 1 aliphatic rings. The van der Waals surface area contributed by atoms with Crippen LogP contribution in [0.5, 0.6) is 0 Å². The summed E-state index contributed by atoms with van der Waals surface area (Å²) in [7, 11) is -3.99. The average Bonchev–Trinajstić information content (AvgIpc) is 2.82. The monoisotopic (exact) mass is 316 g/mol. The van der Waals surface area contributed by atoms with Crippen LogP contribution < -0.4 is 10.5 Å². The second kappa shape index (κ2) is 6.54. The van der Waals surface area contributed by atoms with Gasteiger partial charge in [-0.15, -0.1) is 0 Å². The van der Waals surface area contributed by atoms with Gasteiger partial charge in [0.05, 0.1) is 11.8 Å². The van der Waals surface area contributed by atoms with Gasteiger partial charge in [0.2, 0.25) is 10.0 Å². The molecule has 8 nitrogen and oxygen atoms in total. The van der Waals surface area contributed by atoms with Crippen LogP contribution in [-0.2, 0) is 14.8 Å². The molecule has 1 amide bonds. The minimum Gasteiger partial charge on any atom is -0.378 e. The first-order valence-corrected chi connectivity index (χ1v) is 8.42. The molecule has 0 bridgehead atoms. The van der Waals surface area contributed by atoms with E-state index in [1.807, 2.05) is 0 Å². The molecule has 1 fully saturated rings. The number of primary sulfonamides is 1. The maximum atomic E-state index is 12.0. The van der Waals surface area contributed by atoms with Crippen molar-refractivity contribution in [2.45, 2.75) is 43.6 Å². The lowest BCUT2D eigenvalue weighted by Crippen LogP contribution is -2.31. The summed E-state index contributed by atoms with van der Waals surface area (Å²) in [5.74, 6) is -0.556. The van der Waals surface area contributed by atoms with E-state index in [1.54, 1.807) is 0 Å². The van der Waals surface area contributed by atoms with Crippen LogP contribution in [0.4, 0.5) is 0 Å². The van der Waals surface area contributed by atoms with Gasteiger partial charge in [-0.25, -0.2) is 13.6 Å². The van der Waals surface area contributed by atoms with Gasteiger partial charge in [-0.2, -0.15) is 5.10 Å². The standard InChI is InChI=1S/C12H20N4O4S/c1-8-11(21(13,18)19)10(16-15-8)12(17)14-6-5-9-4-2-3-7-20-9/h9H,2-7H2,1H3,(H,14,17)(H,15,16)(H2,13,18,19). The molecule has 4 N–H and O–H groups in total. The van der Waals surface area contributed by atoms with E-state index in [1.165, 1.54) is 6.92 Å². The number of rotatable bonds is 5. The maximum Gasteiger partial charge on any atom is 0.273 e. The van der Waals surface area contributed by atoms with E-state index in [4.69, 9.17) is 9.88 Å². The van der Waals surface area contributed by atoms with Crippen LogP contribution in [0, 0.1) is 6.92 Å². The van der Waals surface area contributed by atoms with E-state index in [9.17, 15) is 13.2 Å². The van der Waals surface area contributed by atoms with Crippen molar-refractivity contribution in [2.75, 3.05) is 13.2 Å². The number of amides is 1.